The molecule has 0 saturated carbocycles. The maximum absolute atomic E-state index is 11.3. The summed E-state index contributed by atoms with van der Waals surface area (Å²) in [5, 5.41) is -0.0732. The SMILES string of the molecule is CCOS(=O)(=O)c1cccnc1Cl. The van der Waals surface area contributed by atoms with Crippen LogP contribution in [0.2, 0.25) is 5.15 Å². The lowest BCUT2D eigenvalue weighted by Gasteiger charge is -2.03. The van der Waals surface area contributed by atoms with Crippen molar-refractivity contribution in [2.75, 3.05) is 6.61 Å². The van der Waals surface area contributed by atoms with Gasteiger partial charge in [-0.2, -0.15) is 8.42 Å². The highest BCUT2D eigenvalue weighted by Gasteiger charge is 2.18. The molecule has 13 heavy (non-hydrogen) atoms. The van der Waals surface area contributed by atoms with Crippen molar-refractivity contribution in [2.45, 2.75) is 11.8 Å². The molecule has 6 heteroatoms. The van der Waals surface area contributed by atoms with Crippen LogP contribution >= 0.6 is 11.6 Å². The molecular formula is C7H8ClNO3S. The summed E-state index contributed by atoms with van der Waals surface area (Å²) in [6, 6.07) is 2.83. The van der Waals surface area contributed by atoms with Crippen molar-refractivity contribution >= 4 is 21.7 Å². The molecule has 1 aromatic heterocycles. The smallest absolute Gasteiger partial charge is 0.267 e. The second-order valence-electron chi connectivity index (χ2n) is 2.15. The fourth-order valence-electron chi connectivity index (χ4n) is 0.776. The highest BCUT2D eigenvalue weighted by atomic mass is 35.5. The van der Waals surface area contributed by atoms with Gasteiger partial charge in [0, 0.05) is 6.20 Å². The van der Waals surface area contributed by atoms with Gasteiger partial charge < -0.3 is 0 Å². The third-order valence-electron chi connectivity index (χ3n) is 1.27. The first-order valence-electron chi connectivity index (χ1n) is 3.58. The summed E-state index contributed by atoms with van der Waals surface area (Å²) < 4.78 is 27.2. The van der Waals surface area contributed by atoms with E-state index < -0.39 is 10.1 Å². The summed E-state index contributed by atoms with van der Waals surface area (Å²) >= 11 is 5.57. The first-order valence-corrected chi connectivity index (χ1v) is 5.36. The van der Waals surface area contributed by atoms with E-state index in [4.69, 9.17) is 11.6 Å². The summed E-state index contributed by atoms with van der Waals surface area (Å²) in [6.07, 6.45) is 1.41. The van der Waals surface area contributed by atoms with E-state index in [1.165, 1.54) is 18.3 Å². The van der Waals surface area contributed by atoms with Crippen LogP contribution in [-0.2, 0) is 14.3 Å². The lowest BCUT2D eigenvalue weighted by molar-refractivity contribution is 0.338. The van der Waals surface area contributed by atoms with E-state index in [9.17, 15) is 8.42 Å². The molecule has 1 aromatic rings. The van der Waals surface area contributed by atoms with Gasteiger partial charge in [-0.1, -0.05) is 11.6 Å². The van der Waals surface area contributed by atoms with E-state index in [0.29, 0.717) is 0 Å². The summed E-state index contributed by atoms with van der Waals surface area (Å²) in [5.74, 6) is 0. The van der Waals surface area contributed by atoms with Crippen molar-refractivity contribution in [3.63, 3.8) is 0 Å². The minimum atomic E-state index is -3.74. The Balaban J connectivity index is 3.15. The topological polar surface area (TPSA) is 56.3 Å². The van der Waals surface area contributed by atoms with Gasteiger partial charge in [-0.15, -0.1) is 0 Å². The van der Waals surface area contributed by atoms with Gasteiger partial charge >= 0.3 is 0 Å². The molecule has 0 unspecified atom stereocenters. The Morgan fingerprint density at radius 2 is 2.31 bits per heavy atom. The molecule has 0 aliphatic heterocycles. The van der Waals surface area contributed by atoms with Crippen molar-refractivity contribution in [3.8, 4) is 0 Å². The van der Waals surface area contributed by atoms with Crippen molar-refractivity contribution in [1.82, 2.24) is 4.98 Å². The normalized spacial score (nSPS) is 11.5. The zero-order chi connectivity index (χ0) is 9.90. The van der Waals surface area contributed by atoms with Gasteiger partial charge in [0.2, 0.25) is 0 Å². The molecule has 0 aliphatic rings. The van der Waals surface area contributed by atoms with Gasteiger partial charge in [0.25, 0.3) is 10.1 Å². The van der Waals surface area contributed by atoms with E-state index in [-0.39, 0.29) is 16.7 Å². The predicted octanol–water partition coefficient (Wildman–Crippen LogP) is 1.46. The predicted molar refractivity (Wildman–Crippen MR) is 48.1 cm³/mol. The van der Waals surface area contributed by atoms with E-state index in [1.807, 2.05) is 0 Å². The van der Waals surface area contributed by atoms with Crippen LogP contribution < -0.4 is 0 Å². The molecule has 0 radical (unpaired) electrons. The number of rotatable bonds is 3. The average Bonchev–Trinajstić information content (AvgIpc) is 2.04. The fraction of sp³-hybridized carbons (Fsp3) is 0.286. The first-order chi connectivity index (χ1) is 6.08. The number of nitrogens with zero attached hydrogens (tertiary/aromatic N) is 1. The van der Waals surface area contributed by atoms with E-state index in [0.717, 1.165) is 0 Å². The van der Waals surface area contributed by atoms with Crippen LogP contribution in [0, 0.1) is 0 Å². The summed E-state index contributed by atoms with van der Waals surface area (Å²) in [6.45, 7) is 1.66. The van der Waals surface area contributed by atoms with Crippen LogP contribution in [0.4, 0.5) is 0 Å². The van der Waals surface area contributed by atoms with E-state index in [1.54, 1.807) is 6.92 Å². The Bertz CT molecular complexity index is 390. The molecule has 0 aliphatic carbocycles. The molecule has 1 heterocycles. The van der Waals surface area contributed by atoms with Crippen molar-refractivity contribution in [3.05, 3.63) is 23.5 Å². The van der Waals surface area contributed by atoms with Gasteiger partial charge in [-0.3, -0.25) is 4.18 Å². The van der Waals surface area contributed by atoms with Crippen LogP contribution in [0.5, 0.6) is 0 Å². The molecule has 0 atom stereocenters. The van der Waals surface area contributed by atoms with Gasteiger partial charge in [-0.25, -0.2) is 4.98 Å². The number of halogens is 1. The molecule has 0 aromatic carbocycles. The second-order valence-corrected chi connectivity index (χ2v) is 4.09. The summed E-state index contributed by atoms with van der Waals surface area (Å²) in [5.41, 5.74) is 0. The van der Waals surface area contributed by atoms with Gasteiger partial charge in [0.05, 0.1) is 6.61 Å². The van der Waals surface area contributed by atoms with E-state index in [2.05, 4.69) is 9.17 Å². The number of hydrogen-bond donors (Lipinski definition) is 0. The zero-order valence-electron chi connectivity index (χ0n) is 6.90. The van der Waals surface area contributed by atoms with Crippen LogP contribution in [0.1, 0.15) is 6.92 Å². The summed E-state index contributed by atoms with van der Waals surface area (Å²) in [7, 11) is -3.74. The number of hydrogen-bond acceptors (Lipinski definition) is 4. The molecule has 0 bridgehead atoms. The Hall–Kier alpha value is -0.650. The summed E-state index contributed by atoms with van der Waals surface area (Å²) in [4.78, 5) is 3.54. The van der Waals surface area contributed by atoms with E-state index >= 15 is 0 Å². The Morgan fingerprint density at radius 1 is 1.62 bits per heavy atom. The molecule has 0 spiro atoms. The largest absolute Gasteiger partial charge is 0.300 e. The molecule has 4 nitrogen and oxygen atoms in total. The second kappa shape index (κ2) is 4.04. The third kappa shape index (κ3) is 2.40. The monoisotopic (exact) mass is 221 g/mol. The Kier molecular flexibility index (Phi) is 3.24. The minimum Gasteiger partial charge on any atom is -0.267 e. The molecule has 0 N–H and O–H groups in total. The molecular weight excluding hydrogens is 214 g/mol. The Labute approximate surface area is 81.6 Å². The van der Waals surface area contributed by atoms with Crippen LogP contribution in [0.15, 0.2) is 23.2 Å². The Morgan fingerprint density at radius 3 is 2.85 bits per heavy atom. The maximum atomic E-state index is 11.3. The van der Waals surface area contributed by atoms with Gasteiger partial charge in [-0.05, 0) is 19.1 Å². The quantitative estimate of drug-likeness (QED) is 0.573. The minimum absolute atomic E-state index is 0.0732. The van der Waals surface area contributed by atoms with Crippen molar-refractivity contribution in [2.24, 2.45) is 0 Å². The van der Waals surface area contributed by atoms with Gasteiger partial charge in [0.15, 0.2) is 0 Å². The molecule has 1 rings (SSSR count). The standard InChI is InChI=1S/C7H8ClNO3S/c1-2-12-13(10,11)6-4-3-5-9-7(6)8/h3-5H,2H2,1H3. The zero-order valence-corrected chi connectivity index (χ0v) is 8.47. The van der Waals surface area contributed by atoms with Gasteiger partial charge in [0.1, 0.15) is 10.0 Å². The lowest BCUT2D eigenvalue weighted by Crippen LogP contribution is -2.06. The highest BCUT2D eigenvalue weighted by molar-refractivity contribution is 7.86. The maximum Gasteiger partial charge on any atom is 0.300 e. The molecule has 0 amide bonds. The van der Waals surface area contributed by atoms with Crippen molar-refractivity contribution in [1.29, 1.82) is 0 Å². The third-order valence-corrected chi connectivity index (χ3v) is 3.09. The molecule has 0 fully saturated rings. The molecule has 72 valence electrons. The lowest BCUT2D eigenvalue weighted by atomic mass is 10.5. The average molecular weight is 222 g/mol. The molecule has 0 saturated heterocycles. The van der Waals surface area contributed by atoms with Crippen molar-refractivity contribution < 1.29 is 12.6 Å². The van der Waals surface area contributed by atoms with Crippen LogP contribution in [-0.4, -0.2) is 20.0 Å². The number of aromatic nitrogens is 1. The number of pyridine rings is 1. The van der Waals surface area contributed by atoms with Crippen LogP contribution in [0.25, 0.3) is 0 Å². The highest BCUT2D eigenvalue weighted by Crippen LogP contribution is 2.19. The van der Waals surface area contributed by atoms with Crippen LogP contribution in [0.3, 0.4) is 0 Å². The fourth-order valence-corrected chi connectivity index (χ4v) is 2.12. The first kappa shape index (κ1) is 10.4.